The summed E-state index contributed by atoms with van der Waals surface area (Å²) in [4.78, 5) is 4.26. The zero-order valence-corrected chi connectivity index (χ0v) is 9.00. The Morgan fingerprint density at radius 3 is 2.09 bits per heavy atom. The summed E-state index contributed by atoms with van der Waals surface area (Å²) < 4.78 is 0. The lowest BCUT2D eigenvalue weighted by molar-refractivity contribution is 1.10. The molecule has 62 valence electrons. The molecule has 1 aromatic heterocycles. The maximum absolute atomic E-state index is 4.26. The molecule has 0 spiro atoms. The van der Waals surface area contributed by atoms with E-state index in [1.54, 1.807) is 0 Å². The summed E-state index contributed by atoms with van der Waals surface area (Å²) >= 11 is 3.40. The van der Waals surface area contributed by atoms with Crippen LogP contribution in [0.4, 0.5) is 0 Å². The summed E-state index contributed by atoms with van der Waals surface area (Å²) in [6, 6.07) is 4.17. The second-order valence-electron chi connectivity index (χ2n) is 2.39. The van der Waals surface area contributed by atoms with E-state index in [0.717, 1.165) is 16.7 Å². The highest BCUT2D eigenvalue weighted by molar-refractivity contribution is 9.08. The number of alkyl halides is 1. The molecular formula is C8H11BrClN. The third-order valence-electron chi connectivity index (χ3n) is 1.30. The van der Waals surface area contributed by atoms with Gasteiger partial charge in [-0.3, -0.25) is 4.98 Å². The molecule has 3 heteroatoms. The van der Waals surface area contributed by atoms with Crippen molar-refractivity contribution in [1.82, 2.24) is 4.98 Å². The van der Waals surface area contributed by atoms with E-state index >= 15 is 0 Å². The van der Waals surface area contributed by atoms with Gasteiger partial charge in [-0.05, 0) is 31.5 Å². The number of pyridine rings is 1. The Kier molecular flexibility index (Phi) is 4.69. The summed E-state index contributed by atoms with van der Waals surface area (Å²) in [5, 5.41) is 0.914. The number of rotatable bonds is 1. The van der Waals surface area contributed by atoms with Crippen LogP contribution in [0.25, 0.3) is 0 Å². The van der Waals surface area contributed by atoms with Gasteiger partial charge in [-0.1, -0.05) is 15.9 Å². The van der Waals surface area contributed by atoms with E-state index in [9.17, 15) is 0 Å². The molecule has 1 heterocycles. The van der Waals surface area contributed by atoms with Crippen molar-refractivity contribution in [3.8, 4) is 0 Å². The van der Waals surface area contributed by atoms with Crippen LogP contribution in [-0.2, 0) is 5.33 Å². The maximum Gasteiger partial charge on any atom is 0.0378 e. The average Bonchev–Trinajstić information content (AvgIpc) is 1.85. The standard InChI is InChI=1S/C8H10BrN.ClH/c1-6-3-8(5-9)4-7(2)10-6;/h3-4H,5H2,1-2H3;1H. The number of hydrogen-bond donors (Lipinski definition) is 0. The lowest BCUT2D eigenvalue weighted by atomic mass is 10.2. The summed E-state index contributed by atoms with van der Waals surface area (Å²) in [7, 11) is 0. The normalized spacial score (nSPS) is 9.00. The smallest absolute Gasteiger partial charge is 0.0378 e. The maximum atomic E-state index is 4.26. The molecule has 0 aliphatic rings. The highest BCUT2D eigenvalue weighted by Gasteiger charge is 1.93. The molecule has 11 heavy (non-hydrogen) atoms. The van der Waals surface area contributed by atoms with Crippen molar-refractivity contribution in [2.75, 3.05) is 0 Å². The molecule has 0 bridgehead atoms. The van der Waals surface area contributed by atoms with Gasteiger partial charge in [0.05, 0.1) is 0 Å². The highest BCUT2D eigenvalue weighted by atomic mass is 79.9. The summed E-state index contributed by atoms with van der Waals surface area (Å²) in [5.74, 6) is 0. The fourth-order valence-corrected chi connectivity index (χ4v) is 1.32. The lowest BCUT2D eigenvalue weighted by Crippen LogP contribution is -1.88. The molecular weight excluding hydrogens is 225 g/mol. The van der Waals surface area contributed by atoms with Gasteiger partial charge in [0.1, 0.15) is 0 Å². The predicted octanol–water partition coefficient (Wildman–Crippen LogP) is 3.02. The summed E-state index contributed by atoms with van der Waals surface area (Å²) in [5.41, 5.74) is 3.48. The second kappa shape index (κ2) is 4.73. The largest absolute Gasteiger partial charge is 0.258 e. The van der Waals surface area contributed by atoms with Crippen molar-refractivity contribution < 1.29 is 0 Å². The number of aromatic nitrogens is 1. The minimum atomic E-state index is 0. The summed E-state index contributed by atoms with van der Waals surface area (Å²) in [6.45, 7) is 4.03. The van der Waals surface area contributed by atoms with Crippen molar-refractivity contribution >= 4 is 28.3 Å². The van der Waals surface area contributed by atoms with Crippen LogP contribution in [0.5, 0.6) is 0 Å². The van der Waals surface area contributed by atoms with Crippen LogP contribution in [-0.4, -0.2) is 4.98 Å². The number of aryl methyl sites for hydroxylation is 2. The Balaban J connectivity index is 0.000001000. The van der Waals surface area contributed by atoms with E-state index in [1.807, 2.05) is 13.8 Å². The summed E-state index contributed by atoms with van der Waals surface area (Å²) in [6.07, 6.45) is 0. The fraction of sp³-hybridized carbons (Fsp3) is 0.375. The Bertz CT molecular complexity index is 217. The van der Waals surface area contributed by atoms with Crippen molar-refractivity contribution in [2.24, 2.45) is 0 Å². The SMILES string of the molecule is Cc1cc(CBr)cc(C)n1.Cl. The molecule has 0 aliphatic heterocycles. The van der Waals surface area contributed by atoms with Crippen LogP contribution in [0.15, 0.2) is 12.1 Å². The molecule has 0 saturated carbocycles. The Hall–Kier alpha value is -0.0800. The van der Waals surface area contributed by atoms with Gasteiger partial charge in [-0.15, -0.1) is 12.4 Å². The monoisotopic (exact) mass is 235 g/mol. The zero-order valence-electron chi connectivity index (χ0n) is 6.60. The first-order chi connectivity index (χ1) is 4.72. The first-order valence-electron chi connectivity index (χ1n) is 3.22. The molecule has 0 aromatic carbocycles. The number of hydrogen-bond acceptors (Lipinski definition) is 1. The van der Waals surface area contributed by atoms with Crippen molar-refractivity contribution in [3.05, 3.63) is 29.1 Å². The molecule has 0 fully saturated rings. The molecule has 1 nitrogen and oxygen atoms in total. The average molecular weight is 237 g/mol. The molecule has 0 saturated heterocycles. The second-order valence-corrected chi connectivity index (χ2v) is 2.95. The van der Waals surface area contributed by atoms with Crippen molar-refractivity contribution in [3.63, 3.8) is 0 Å². The minimum absolute atomic E-state index is 0. The van der Waals surface area contributed by atoms with Crippen LogP contribution in [0.3, 0.4) is 0 Å². The zero-order chi connectivity index (χ0) is 7.56. The van der Waals surface area contributed by atoms with Gasteiger partial charge in [-0.25, -0.2) is 0 Å². The van der Waals surface area contributed by atoms with Gasteiger partial charge >= 0.3 is 0 Å². The first kappa shape index (κ1) is 10.9. The van der Waals surface area contributed by atoms with Crippen molar-refractivity contribution in [1.29, 1.82) is 0 Å². The highest BCUT2D eigenvalue weighted by Crippen LogP contribution is 2.07. The van der Waals surface area contributed by atoms with Gasteiger partial charge in [0, 0.05) is 16.7 Å². The van der Waals surface area contributed by atoms with Crippen molar-refractivity contribution in [2.45, 2.75) is 19.2 Å². The predicted molar refractivity (Wildman–Crippen MR) is 53.6 cm³/mol. The lowest BCUT2D eigenvalue weighted by Gasteiger charge is -1.98. The van der Waals surface area contributed by atoms with E-state index in [-0.39, 0.29) is 12.4 Å². The third kappa shape index (κ3) is 3.21. The Labute approximate surface area is 81.8 Å². The molecule has 0 N–H and O–H groups in total. The molecule has 1 aromatic rings. The Morgan fingerprint density at radius 1 is 1.27 bits per heavy atom. The minimum Gasteiger partial charge on any atom is -0.258 e. The van der Waals surface area contributed by atoms with E-state index < -0.39 is 0 Å². The van der Waals surface area contributed by atoms with E-state index in [4.69, 9.17) is 0 Å². The van der Waals surface area contributed by atoms with Crippen LogP contribution in [0, 0.1) is 13.8 Å². The van der Waals surface area contributed by atoms with Crippen LogP contribution in [0.2, 0.25) is 0 Å². The van der Waals surface area contributed by atoms with E-state index in [1.165, 1.54) is 5.56 Å². The van der Waals surface area contributed by atoms with Crippen LogP contribution < -0.4 is 0 Å². The van der Waals surface area contributed by atoms with E-state index in [0.29, 0.717) is 0 Å². The molecule has 0 aliphatic carbocycles. The fourth-order valence-electron chi connectivity index (χ4n) is 0.998. The molecule has 1 rings (SSSR count). The third-order valence-corrected chi connectivity index (χ3v) is 1.94. The molecule has 0 radical (unpaired) electrons. The quantitative estimate of drug-likeness (QED) is 0.683. The number of nitrogens with zero attached hydrogens (tertiary/aromatic N) is 1. The van der Waals surface area contributed by atoms with Gasteiger partial charge in [-0.2, -0.15) is 0 Å². The number of halogens is 2. The van der Waals surface area contributed by atoms with Gasteiger partial charge in [0.15, 0.2) is 0 Å². The van der Waals surface area contributed by atoms with Gasteiger partial charge in [0.2, 0.25) is 0 Å². The van der Waals surface area contributed by atoms with Crippen LogP contribution >= 0.6 is 28.3 Å². The topological polar surface area (TPSA) is 12.9 Å². The first-order valence-corrected chi connectivity index (χ1v) is 4.34. The molecule has 0 unspecified atom stereocenters. The van der Waals surface area contributed by atoms with E-state index in [2.05, 4.69) is 33.0 Å². The Morgan fingerprint density at radius 2 is 1.73 bits per heavy atom. The van der Waals surface area contributed by atoms with Gasteiger partial charge in [0.25, 0.3) is 0 Å². The van der Waals surface area contributed by atoms with Crippen LogP contribution in [0.1, 0.15) is 17.0 Å². The molecule has 0 atom stereocenters. The van der Waals surface area contributed by atoms with Gasteiger partial charge < -0.3 is 0 Å². The molecule has 0 amide bonds.